The summed E-state index contributed by atoms with van der Waals surface area (Å²) in [6, 6.07) is 16.1. The Morgan fingerprint density at radius 2 is 1.79 bits per heavy atom. The third-order valence-electron chi connectivity index (χ3n) is 4.88. The number of amides is 1. The summed E-state index contributed by atoms with van der Waals surface area (Å²) in [5.41, 5.74) is 3.47. The van der Waals surface area contributed by atoms with Crippen LogP contribution in [0, 0.1) is 5.82 Å². The maximum Gasteiger partial charge on any atom is 0.236 e. The standard InChI is InChI=1S/C22H23FN4O2/c23-19-8-6-17(7-9-19)22-18(16-27(25-22)20-4-2-1-3-5-20)14-24-15-21(28)26-10-12-29-13-11-26/h1-9,16,24H,10-15H2. The number of para-hydroxylation sites is 1. The van der Waals surface area contributed by atoms with Gasteiger partial charge in [0.1, 0.15) is 5.82 Å². The normalized spacial score (nSPS) is 14.2. The molecule has 29 heavy (non-hydrogen) atoms. The number of carbonyl (C=O) groups is 1. The molecule has 0 spiro atoms. The van der Waals surface area contributed by atoms with Crippen molar-refractivity contribution in [1.82, 2.24) is 20.0 Å². The number of nitrogens with zero attached hydrogens (tertiary/aromatic N) is 3. The molecule has 0 aliphatic carbocycles. The van der Waals surface area contributed by atoms with E-state index >= 15 is 0 Å². The van der Waals surface area contributed by atoms with Gasteiger partial charge in [0.05, 0.1) is 31.1 Å². The van der Waals surface area contributed by atoms with Crippen LogP contribution in [0.2, 0.25) is 0 Å². The van der Waals surface area contributed by atoms with Gasteiger partial charge in [0.25, 0.3) is 0 Å². The van der Waals surface area contributed by atoms with Gasteiger partial charge >= 0.3 is 0 Å². The molecule has 2 heterocycles. The van der Waals surface area contributed by atoms with E-state index in [1.54, 1.807) is 16.8 Å². The van der Waals surface area contributed by atoms with Gasteiger partial charge in [-0.15, -0.1) is 0 Å². The molecule has 1 fully saturated rings. The number of nitrogens with one attached hydrogen (secondary N) is 1. The van der Waals surface area contributed by atoms with E-state index in [0.717, 1.165) is 22.5 Å². The zero-order valence-electron chi connectivity index (χ0n) is 16.1. The molecule has 3 aromatic rings. The topological polar surface area (TPSA) is 59.4 Å². The average Bonchev–Trinajstić information content (AvgIpc) is 3.19. The quantitative estimate of drug-likeness (QED) is 0.698. The van der Waals surface area contributed by atoms with Gasteiger partial charge < -0.3 is 15.0 Å². The minimum atomic E-state index is -0.285. The molecule has 4 rings (SSSR count). The first-order valence-electron chi connectivity index (χ1n) is 9.67. The summed E-state index contributed by atoms with van der Waals surface area (Å²) < 4.78 is 20.4. The molecule has 0 atom stereocenters. The van der Waals surface area contributed by atoms with Crippen LogP contribution in [0.4, 0.5) is 4.39 Å². The summed E-state index contributed by atoms with van der Waals surface area (Å²) in [4.78, 5) is 14.2. The van der Waals surface area contributed by atoms with E-state index in [1.807, 2.05) is 41.4 Å². The summed E-state index contributed by atoms with van der Waals surface area (Å²) >= 11 is 0. The van der Waals surface area contributed by atoms with Crippen LogP contribution in [-0.2, 0) is 16.1 Å². The molecule has 1 aliphatic rings. The van der Waals surface area contributed by atoms with E-state index < -0.39 is 0 Å². The lowest BCUT2D eigenvalue weighted by molar-refractivity contribution is -0.134. The highest BCUT2D eigenvalue weighted by Crippen LogP contribution is 2.24. The van der Waals surface area contributed by atoms with E-state index in [4.69, 9.17) is 9.84 Å². The molecule has 1 amide bonds. The molecule has 0 unspecified atom stereocenters. The van der Waals surface area contributed by atoms with Gasteiger partial charge in [-0.1, -0.05) is 18.2 Å². The number of ether oxygens (including phenoxy) is 1. The van der Waals surface area contributed by atoms with Gasteiger partial charge in [0.15, 0.2) is 0 Å². The van der Waals surface area contributed by atoms with E-state index in [-0.39, 0.29) is 18.3 Å². The molecule has 2 aromatic carbocycles. The average molecular weight is 394 g/mol. The van der Waals surface area contributed by atoms with Crippen molar-refractivity contribution in [2.45, 2.75) is 6.54 Å². The fraction of sp³-hybridized carbons (Fsp3) is 0.273. The predicted molar refractivity (Wildman–Crippen MR) is 108 cm³/mol. The van der Waals surface area contributed by atoms with Crippen LogP contribution in [-0.4, -0.2) is 53.4 Å². The lowest BCUT2D eigenvalue weighted by Crippen LogP contribution is -2.44. The Hall–Kier alpha value is -3.03. The number of benzene rings is 2. The first kappa shape index (κ1) is 19.3. The molecular formula is C22H23FN4O2. The summed E-state index contributed by atoms with van der Waals surface area (Å²) in [7, 11) is 0. The van der Waals surface area contributed by atoms with Gasteiger partial charge in [-0.25, -0.2) is 9.07 Å². The molecule has 0 radical (unpaired) electrons. The number of morpholine rings is 1. The molecule has 1 saturated heterocycles. The third kappa shape index (κ3) is 4.70. The van der Waals surface area contributed by atoms with Crippen molar-refractivity contribution in [1.29, 1.82) is 0 Å². The van der Waals surface area contributed by atoms with Crippen molar-refractivity contribution in [2.24, 2.45) is 0 Å². The smallest absolute Gasteiger partial charge is 0.236 e. The zero-order valence-corrected chi connectivity index (χ0v) is 16.1. The Balaban J connectivity index is 1.52. The van der Waals surface area contributed by atoms with Crippen molar-refractivity contribution < 1.29 is 13.9 Å². The second-order valence-corrected chi connectivity index (χ2v) is 6.89. The van der Waals surface area contributed by atoms with Crippen LogP contribution >= 0.6 is 0 Å². The second kappa shape index (κ2) is 8.98. The van der Waals surface area contributed by atoms with E-state index in [1.165, 1.54) is 12.1 Å². The van der Waals surface area contributed by atoms with Gasteiger partial charge in [-0.3, -0.25) is 4.79 Å². The van der Waals surface area contributed by atoms with Gasteiger partial charge in [0, 0.05) is 37.0 Å². The largest absolute Gasteiger partial charge is 0.378 e. The maximum atomic E-state index is 13.4. The number of aromatic nitrogens is 2. The van der Waals surface area contributed by atoms with E-state index in [2.05, 4.69) is 5.32 Å². The highest BCUT2D eigenvalue weighted by atomic mass is 19.1. The van der Waals surface area contributed by atoms with Crippen LogP contribution in [0.5, 0.6) is 0 Å². The number of hydrogen-bond acceptors (Lipinski definition) is 4. The Morgan fingerprint density at radius 3 is 2.52 bits per heavy atom. The molecular weight excluding hydrogens is 371 g/mol. The van der Waals surface area contributed by atoms with Crippen LogP contribution in [0.1, 0.15) is 5.56 Å². The Bertz CT molecular complexity index is 951. The summed E-state index contributed by atoms with van der Waals surface area (Å²) in [6.07, 6.45) is 1.94. The molecule has 1 N–H and O–H groups in total. The molecule has 0 saturated carbocycles. The fourth-order valence-electron chi connectivity index (χ4n) is 3.33. The van der Waals surface area contributed by atoms with Crippen LogP contribution in [0.3, 0.4) is 0 Å². The Kier molecular flexibility index (Phi) is 5.97. The zero-order chi connectivity index (χ0) is 20.1. The number of halogens is 1. The molecule has 1 aromatic heterocycles. The fourth-order valence-corrected chi connectivity index (χ4v) is 3.33. The lowest BCUT2D eigenvalue weighted by atomic mass is 10.1. The minimum Gasteiger partial charge on any atom is -0.378 e. The number of hydrogen-bond donors (Lipinski definition) is 1. The van der Waals surface area contributed by atoms with Crippen molar-refractivity contribution in [2.75, 3.05) is 32.8 Å². The predicted octanol–water partition coefficient (Wildman–Crippen LogP) is 2.63. The van der Waals surface area contributed by atoms with Gasteiger partial charge in [0.2, 0.25) is 5.91 Å². The van der Waals surface area contributed by atoms with Gasteiger partial charge in [-0.05, 0) is 36.4 Å². The summed E-state index contributed by atoms with van der Waals surface area (Å²) in [5, 5.41) is 7.94. The highest BCUT2D eigenvalue weighted by molar-refractivity contribution is 5.78. The Morgan fingerprint density at radius 1 is 1.07 bits per heavy atom. The summed E-state index contributed by atoms with van der Waals surface area (Å²) in [5.74, 6) is -0.223. The lowest BCUT2D eigenvalue weighted by Gasteiger charge is -2.26. The SMILES string of the molecule is O=C(CNCc1cn(-c2ccccc2)nc1-c1ccc(F)cc1)N1CCOCC1. The molecule has 6 nitrogen and oxygen atoms in total. The van der Waals surface area contributed by atoms with Crippen molar-refractivity contribution in [3.05, 3.63) is 72.2 Å². The monoisotopic (exact) mass is 394 g/mol. The van der Waals surface area contributed by atoms with E-state index in [0.29, 0.717) is 32.8 Å². The first-order chi connectivity index (χ1) is 14.2. The second-order valence-electron chi connectivity index (χ2n) is 6.89. The van der Waals surface area contributed by atoms with Crippen molar-refractivity contribution >= 4 is 5.91 Å². The Labute approximate surface area is 168 Å². The van der Waals surface area contributed by atoms with Crippen LogP contribution in [0.25, 0.3) is 16.9 Å². The van der Waals surface area contributed by atoms with Crippen LogP contribution < -0.4 is 5.32 Å². The number of rotatable bonds is 6. The molecule has 150 valence electrons. The van der Waals surface area contributed by atoms with Crippen molar-refractivity contribution in [3.63, 3.8) is 0 Å². The molecule has 7 heteroatoms. The maximum absolute atomic E-state index is 13.4. The van der Waals surface area contributed by atoms with Crippen LogP contribution in [0.15, 0.2) is 60.8 Å². The van der Waals surface area contributed by atoms with Gasteiger partial charge in [-0.2, -0.15) is 5.10 Å². The molecule has 1 aliphatic heterocycles. The minimum absolute atomic E-state index is 0.0621. The van der Waals surface area contributed by atoms with E-state index in [9.17, 15) is 9.18 Å². The first-order valence-corrected chi connectivity index (χ1v) is 9.67. The summed E-state index contributed by atoms with van der Waals surface area (Å²) in [6.45, 7) is 3.17. The number of carbonyl (C=O) groups excluding carboxylic acids is 1. The molecule has 0 bridgehead atoms. The van der Waals surface area contributed by atoms with Crippen molar-refractivity contribution in [3.8, 4) is 16.9 Å². The third-order valence-corrected chi connectivity index (χ3v) is 4.88. The highest BCUT2D eigenvalue weighted by Gasteiger charge is 2.17.